The zero-order valence-electron chi connectivity index (χ0n) is 22.2. The SMILES string of the molecule is COc1ccc(-c2cc(-c3ccc(C)cc3)c(C#N)c(SCCC(=O)Nc3nc4ccc(OC)cc4s3)n2)cc1. The summed E-state index contributed by atoms with van der Waals surface area (Å²) < 4.78 is 11.5. The zero-order valence-corrected chi connectivity index (χ0v) is 23.9. The maximum absolute atomic E-state index is 12.7. The van der Waals surface area contributed by atoms with Crippen molar-refractivity contribution in [3.8, 4) is 40.0 Å². The van der Waals surface area contributed by atoms with E-state index in [0.29, 0.717) is 21.5 Å². The van der Waals surface area contributed by atoms with Crippen molar-refractivity contribution in [2.75, 3.05) is 25.3 Å². The molecule has 0 spiro atoms. The van der Waals surface area contributed by atoms with Crippen LogP contribution in [0.1, 0.15) is 17.5 Å². The van der Waals surface area contributed by atoms with Gasteiger partial charge in [-0.25, -0.2) is 9.97 Å². The van der Waals surface area contributed by atoms with E-state index >= 15 is 0 Å². The number of anilines is 1. The molecule has 0 unspecified atom stereocenters. The smallest absolute Gasteiger partial charge is 0.226 e. The number of thiazole rings is 1. The van der Waals surface area contributed by atoms with Crippen molar-refractivity contribution in [2.24, 2.45) is 0 Å². The Labute approximate surface area is 240 Å². The van der Waals surface area contributed by atoms with E-state index in [1.807, 2.05) is 79.7 Å². The van der Waals surface area contributed by atoms with Gasteiger partial charge in [0.1, 0.15) is 22.6 Å². The van der Waals surface area contributed by atoms with E-state index in [1.54, 1.807) is 14.2 Å². The lowest BCUT2D eigenvalue weighted by molar-refractivity contribution is -0.115. The summed E-state index contributed by atoms with van der Waals surface area (Å²) in [7, 11) is 3.24. The number of pyridine rings is 1. The molecule has 2 heterocycles. The summed E-state index contributed by atoms with van der Waals surface area (Å²) in [6.07, 6.45) is 0.239. The number of carbonyl (C=O) groups excluding carboxylic acids is 1. The van der Waals surface area contributed by atoms with E-state index in [0.717, 1.165) is 49.7 Å². The number of benzene rings is 3. The van der Waals surface area contributed by atoms with Crippen molar-refractivity contribution < 1.29 is 14.3 Å². The van der Waals surface area contributed by atoms with Gasteiger partial charge in [-0.05, 0) is 61.0 Å². The Morgan fingerprint density at radius 3 is 2.35 bits per heavy atom. The van der Waals surface area contributed by atoms with Crippen LogP contribution in [-0.2, 0) is 4.79 Å². The maximum Gasteiger partial charge on any atom is 0.226 e. The molecule has 0 aliphatic rings. The van der Waals surface area contributed by atoms with Gasteiger partial charge >= 0.3 is 0 Å². The van der Waals surface area contributed by atoms with Gasteiger partial charge in [0.15, 0.2) is 5.13 Å². The minimum absolute atomic E-state index is 0.151. The summed E-state index contributed by atoms with van der Waals surface area (Å²) in [5.41, 5.74) is 5.83. The normalized spacial score (nSPS) is 10.8. The molecule has 0 bridgehead atoms. The molecule has 7 nitrogen and oxygen atoms in total. The van der Waals surface area contributed by atoms with Crippen molar-refractivity contribution in [2.45, 2.75) is 18.4 Å². The Morgan fingerprint density at radius 2 is 1.65 bits per heavy atom. The van der Waals surface area contributed by atoms with Crippen LogP contribution in [0, 0.1) is 18.3 Å². The second-order valence-corrected chi connectivity index (χ2v) is 11.1. The lowest BCUT2D eigenvalue weighted by Crippen LogP contribution is -2.12. The standard InChI is InChI=1S/C31H26N4O3S2/c1-19-4-6-20(7-5-19)24-17-27(21-8-10-22(37-2)11-9-21)33-30(25(24)18-32)39-15-14-29(36)35-31-34-26-13-12-23(38-3)16-28(26)40-31/h4-13,16-17H,14-15H2,1-3H3,(H,34,35,36). The van der Waals surface area contributed by atoms with Crippen LogP contribution in [0.5, 0.6) is 11.5 Å². The Balaban J connectivity index is 1.37. The number of rotatable bonds is 9. The number of fused-ring (bicyclic) bond motifs is 1. The second-order valence-electron chi connectivity index (χ2n) is 8.94. The molecule has 0 saturated carbocycles. The molecule has 0 aliphatic heterocycles. The number of hydrogen-bond donors (Lipinski definition) is 1. The Bertz CT molecular complexity index is 1710. The van der Waals surface area contributed by atoms with Crippen molar-refractivity contribution in [1.82, 2.24) is 9.97 Å². The average molecular weight is 567 g/mol. The molecule has 1 N–H and O–H groups in total. The number of ether oxygens (including phenoxy) is 2. The largest absolute Gasteiger partial charge is 0.497 e. The Kier molecular flexibility index (Phi) is 8.29. The molecule has 200 valence electrons. The van der Waals surface area contributed by atoms with E-state index in [2.05, 4.69) is 16.4 Å². The number of nitrogens with zero attached hydrogens (tertiary/aromatic N) is 3. The lowest BCUT2D eigenvalue weighted by atomic mass is 9.98. The maximum atomic E-state index is 12.7. The lowest BCUT2D eigenvalue weighted by Gasteiger charge is -2.13. The molecule has 3 aromatic carbocycles. The van der Waals surface area contributed by atoms with Crippen LogP contribution in [0.4, 0.5) is 5.13 Å². The molecule has 0 radical (unpaired) electrons. The number of hydrogen-bond acceptors (Lipinski definition) is 8. The van der Waals surface area contributed by atoms with Gasteiger partial charge in [-0.2, -0.15) is 5.26 Å². The number of amides is 1. The minimum atomic E-state index is -0.151. The fraction of sp³-hybridized carbons (Fsp3) is 0.161. The quantitative estimate of drug-likeness (QED) is 0.186. The molecule has 5 aromatic rings. The monoisotopic (exact) mass is 566 g/mol. The third-order valence-electron chi connectivity index (χ3n) is 6.26. The first kappa shape index (κ1) is 27.2. The molecule has 0 aliphatic carbocycles. The highest BCUT2D eigenvalue weighted by molar-refractivity contribution is 7.99. The van der Waals surface area contributed by atoms with E-state index in [4.69, 9.17) is 14.5 Å². The van der Waals surface area contributed by atoms with Crippen LogP contribution >= 0.6 is 23.1 Å². The highest BCUT2D eigenvalue weighted by Gasteiger charge is 2.17. The van der Waals surface area contributed by atoms with Gasteiger partial charge in [-0.1, -0.05) is 41.2 Å². The van der Waals surface area contributed by atoms with E-state index in [9.17, 15) is 10.1 Å². The first-order valence-electron chi connectivity index (χ1n) is 12.5. The fourth-order valence-corrected chi connectivity index (χ4v) is 5.97. The van der Waals surface area contributed by atoms with E-state index in [1.165, 1.54) is 23.1 Å². The van der Waals surface area contributed by atoms with Gasteiger partial charge in [0.05, 0.1) is 35.7 Å². The molecular formula is C31H26N4O3S2. The third kappa shape index (κ3) is 6.09. The van der Waals surface area contributed by atoms with Gasteiger partial charge in [-0.15, -0.1) is 11.8 Å². The molecule has 2 aromatic heterocycles. The number of aromatic nitrogens is 2. The molecule has 1 amide bonds. The molecule has 0 fully saturated rings. The number of methoxy groups -OCH3 is 2. The Morgan fingerprint density at radius 1 is 0.950 bits per heavy atom. The van der Waals surface area contributed by atoms with Crippen LogP contribution in [0.2, 0.25) is 0 Å². The highest BCUT2D eigenvalue weighted by Crippen LogP contribution is 2.35. The predicted molar refractivity (Wildman–Crippen MR) is 161 cm³/mol. The second kappa shape index (κ2) is 12.2. The van der Waals surface area contributed by atoms with Crippen LogP contribution in [0.3, 0.4) is 0 Å². The molecule has 40 heavy (non-hydrogen) atoms. The van der Waals surface area contributed by atoms with Gasteiger partial charge in [0.2, 0.25) is 5.91 Å². The molecule has 5 rings (SSSR count). The van der Waals surface area contributed by atoms with Gasteiger partial charge in [0, 0.05) is 23.3 Å². The molecule has 0 atom stereocenters. The first-order valence-corrected chi connectivity index (χ1v) is 14.3. The van der Waals surface area contributed by atoms with E-state index in [-0.39, 0.29) is 12.3 Å². The van der Waals surface area contributed by atoms with Crippen molar-refractivity contribution >= 4 is 44.4 Å². The van der Waals surface area contributed by atoms with Gasteiger partial charge in [-0.3, -0.25) is 4.79 Å². The summed E-state index contributed by atoms with van der Waals surface area (Å²) in [5, 5.41) is 14.2. The van der Waals surface area contributed by atoms with Crippen LogP contribution in [0.25, 0.3) is 32.6 Å². The summed E-state index contributed by atoms with van der Waals surface area (Å²) in [4.78, 5) is 22.1. The fourth-order valence-electron chi connectivity index (χ4n) is 4.11. The summed E-state index contributed by atoms with van der Waals surface area (Å²) in [5.74, 6) is 1.80. The first-order chi connectivity index (χ1) is 19.5. The van der Waals surface area contributed by atoms with E-state index < -0.39 is 0 Å². The topological polar surface area (TPSA) is 97.1 Å². The number of carbonyl (C=O) groups is 1. The summed E-state index contributed by atoms with van der Waals surface area (Å²) in [6.45, 7) is 2.03. The van der Waals surface area contributed by atoms with Crippen LogP contribution in [0.15, 0.2) is 77.8 Å². The van der Waals surface area contributed by atoms with Crippen molar-refractivity contribution in [3.05, 3.63) is 83.9 Å². The number of aryl methyl sites for hydroxylation is 1. The Hall–Kier alpha value is -4.39. The predicted octanol–water partition coefficient (Wildman–Crippen LogP) is 7.34. The number of nitriles is 1. The molecular weight excluding hydrogens is 541 g/mol. The summed E-state index contributed by atoms with van der Waals surface area (Å²) in [6, 6.07) is 25.7. The van der Waals surface area contributed by atoms with Gasteiger partial charge < -0.3 is 14.8 Å². The van der Waals surface area contributed by atoms with Crippen LogP contribution < -0.4 is 14.8 Å². The number of nitrogens with one attached hydrogen (secondary N) is 1. The van der Waals surface area contributed by atoms with Crippen molar-refractivity contribution in [1.29, 1.82) is 5.26 Å². The van der Waals surface area contributed by atoms with Crippen LogP contribution in [-0.4, -0.2) is 35.8 Å². The highest BCUT2D eigenvalue weighted by atomic mass is 32.2. The number of thioether (sulfide) groups is 1. The molecule has 9 heteroatoms. The average Bonchev–Trinajstić information content (AvgIpc) is 3.38. The minimum Gasteiger partial charge on any atom is -0.497 e. The molecule has 0 saturated heterocycles. The van der Waals surface area contributed by atoms with Crippen molar-refractivity contribution in [3.63, 3.8) is 0 Å². The third-order valence-corrected chi connectivity index (χ3v) is 8.17. The summed E-state index contributed by atoms with van der Waals surface area (Å²) >= 11 is 2.80. The zero-order chi connectivity index (χ0) is 28.1. The van der Waals surface area contributed by atoms with Gasteiger partial charge in [0.25, 0.3) is 0 Å².